The highest BCUT2D eigenvalue weighted by molar-refractivity contribution is 5.60. The van der Waals surface area contributed by atoms with Gasteiger partial charge in [0.15, 0.2) is 0 Å². The fraction of sp³-hybridized carbons (Fsp3) is 0.593. The van der Waals surface area contributed by atoms with E-state index in [-0.39, 0.29) is 0 Å². The minimum absolute atomic E-state index is 0.772. The average molecular weight is 376 g/mol. The first kappa shape index (κ1) is 19.7. The Morgan fingerprint density at radius 2 is 1.50 bits per heavy atom. The van der Waals surface area contributed by atoms with Crippen LogP contribution in [0.3, 0.4) is 0 Å². The van der Waals surface area contributed by atoms with E-state index in [1.807, 2.05) is 0 Å². The first-order valence-corrected chi connectivity index (χ1v) is 11.9. The number of aryl methyl sites for hydroxylation is 1. The molecule has 2 aliphatic rings. The number of hydrogen-bond donors (Lipinski definition) is 0. The van der Waals surface area contributed by atoms with Gasteiger partial charge in [-0.25, -0.2) is 0 Å². The van der Waals surface area contributed by atoms with Crippen LogP contribution < -0.4 is 0 Å². The van der Waals surface area contributed by atoms with Crippen LogP contribution in [0.5, 0.6) is 0 Å². The first-order valence-electron chi connectivity index (χ1n) is 11.9. The second kappa shape index (κ2) is 9.25. The van der Waals surface area contributed by atoms with Crippen LogP contribution in [0.4, 0.5) is 0 Å². The molecule has 1 heteroatoms. The van der Waals surface area contributed by atoms with Crippen molar-refractivity contribution >= 4 is 0 Å². The zero-order valence-electron chi connectivity index (χ0n) is 17.9. The molecule has 0 aliphatic heterocycles. The second-order valence-corrected chi connectivity index (χ2v) is 9.33. The van der Waals surface area contributed by atoms with Gasteiger partial charge >= 0.3 is 0 Å². The summed E-state index contributed by atoms with van der Waals surface area (Å²) in [5, 5.41) is 0. The first-order chi connectivity index (χ1) is 13.8. The normalized spacial score (nSPS) is 24.7. The van der Waals surface area contributed by atoms with E-state index in [2.05, 4.69) is 50.2 Å². The molecule has 0 saturated heterocycles. The van der Waals surface area contributed by atoms with E-state index < -0.39 is 0 Å². The number of hydrogen-bond acceptors (Lipinski definition) is 1. The lowest BCUT2D eigenvalue weighted by Crippen LogP contribution is -2.15. The molecule has 0 spiro atoms. The summed E-state index contributed by atoms with van der Waals surface area (Å²) in [6, 6.07) is 14.0. The van der Waals surface area contributed by atoms with Crippen molar-refractivity contribution < 1.29 is 0 Å². The van der Waals surface area contributed by atoms with Crippen LogP contribution in [0.15, 0.2) is 36.4 Å². The Morgan fingerprint density at radius 3 is 2.21 bits per heavy atom. The summed E-state index contributed by atoms with van der Waals surface area (Å²) in [5.74, 6) is 2.63. The van der Waals surface area contributed by atoms with Crippen molar-refractivity contribution in [2.24, 2.45) is 11.8 Å². The maximum atomic E-state index is 5.05. The molecule has 1 nitrogen and oxygen atoms in total. The third-order valence-electron chi connectivity index (χ3n) is 7.28. The van der Waals surface area contributed by atoms with Crippen LogP contribution in [-0.2, 0) is 12.8 Å². The van der Waals surface area contributed by atoms with Gasteiger partial charge in [-0.15, -0.1) is 0 Å². The zero-order chi connectivity index (χ0) is 19.3. The highest BCUT2D eigenvalue weighted by Gasteiger charge is 2.22. The Morgan fingerprint density at radius 1 is 0.786 bits per heavy atom. The Balaban J connectivity index is 1.42. The third-order valence-corrected chi connectivity index (χ3v) is 7.28. The fourth-order valence-electron chi connectivity index (χ4n) is 5.62. The molecule has 0 radical (unpaired) electrons. The van der Waals surface area contributed by atoms with E-state index in [1.165, 1.54) is 81.0 Å². The molecule has 1 heterocycles. The van der Waals surface area contributed by atoms with Gasteiger partial charge in [-0.05, 0) is 79.9 Å². The standard InChI is InChI=1S/C27H37N/c1-3-5-20-7-10-22(11-8-20)23-12-14-24(15-13-23)26-18-16-25-19-21(6-4-2)9-17-27(25)28-26/h12-16,18,20-22H,3-11,17,19H2,1-2H3/t20?,21-,22?/m0/s1. The number of rotatable bonds is 6. The third kappa shape index (κ3) is 4.50. The molecule has 1 fully saturated rings. The molecule has 0 unspecified atom stereocenters. The van der Waals surface area contributed by atoms with Crippen LogP contribution in [0.2, 0.25) is 0 Å². The summed E-state index contributed by atoms with van der Waals surface area (Å²) in [4.78, 5) is 5.05. The van der Waals surface area contributed by atoms with Gasteiger partial charge in [0.05, 0.1) is 5.69 Å². The summed E-state index contributed by atoms with van der Waals surface area (Å²) >= 11 is 0. The van der Waals surface area contributed by atoms with Crippen LogP contribution in [-0.4, -0.2) is 4.98 Å². The van der Waals surface area contributed by atoms with Crippen LogP contribution in [0.25, 0.3) is 11.3 Å². The molecule has 28 heavy (non-hydrogen) atoms. The monoisotopic (exact) mass is 375 g/mol. The van der Waals surface area contributed by atoms with Crippen molar-refractivity contribution in [2.45, 2.75) is 90.4 Å². The molecule has 2 aromatic rings. The molecule has 0 bridgehead atoms. The Labute approximate surface area is 172 Å². The van der Waals surface area contributed by atoms with Crippen molar-refractivity contribution in [1.82, 2.24) is 4.98 Å². The number of benzene rings is 1. The van der Waals surface area contributed by atoms with Crippen molar-refractivity contribution in [2.75, 3.05) is 0 Å². The molecule has 0 N–H and O–H groups in total. The van der Waals surface area contributed by atoms with E-state index >= 15 is 0 Å². The van der Waals surface area contributed by atoms with Crippen molar-refractivity contribution in [3.05, 3.63) is 53.2 Å². The predicted octanol–water partition coefficient (Wildman–Crippen LogP) is 7.73. The van der Waals surface area contributed by atoms with Crippen molar-refractivity contribution in [3.8, 4) is 11.3 Å². The van der Waals surface area contributed by atoms with E-state index in [4.69, 9.17) is 4.98 Å². The highest BCUT2D eigenvalue weighted by atomic mass is 14.7. The summed E-state index contributed by atoms with van der Waals surface area (Å²) in [6.45, 7) is 4.63. The quantitative estimate of drug-likeness (QED) is 0.503. The minimum atomic E-state index is 0.772. The van der Waals surface area contributed by atoms with Gasteiger partial charge in [0.2, 0.25) is 0 Å². The fourth-order valence-corrected chi connectivity index (χ4v) is 5.62. The summed E-state index contributed by atoms with van der Waals surface area (Å²) in [5.41, 5.74) is 6.82. The van der Waals surface area contributed by atoms with Gasteiger partial charge in [0, 0.05) is 11.3 Å². The number of aromatic nitrogens is 1. The summed E-state index contributed by atoms with van der Waals surface area (Å²) in [6.07, 6.45) is 14.7. The molecule has 1 aromatic heterocycles. The minimum Gasteiger partial charge on any atom is -0.253 e. The highest BCUT2D eigenvalue weighted by Crippen LogP contribution is 2.38. The van der Waals surface area contributed by atoms with Crippen LogP contribution in [0, 0.1) is 11.8 Å². The number of fused-ring (bicyclic) bond motifs is 1. The van der Waals surface area contributed by atoms with E-state index in [0.717, 1.165) is 29.9 Å². The second-order valence-electron chi connectivity index (χ2n) is 9.33. The number of nitrogens with zero attached hydrogens (tertiary/aromatic N) is 1. The van der Waals surface area contributed by atoms with Crippen LogP contribution in [0.1, 0.15) is 94.4 Å². The predicted molar refractivity (Wildman–Crippen MR) is 120 cm³/mol. The SMILES string of the molecule is CCCC1CCC(c2ccc(-c3ccc4c(n3)CC[C@H](CCC)C4)cc2)CC1. The topological polar surface area (TPSA) is 12.9 Å². The van der Waals surface area contributed by atoms with Crippen molar-refractivity contribution in [1.29, 1.82) is 0 Å². The molecule has 4 rings (SSSR count). The van der Waals surface area contributed by atoms with Gasteiger partial charge in [-0.2, -0.15) is 0 Å². The van der Waals surface area contributed by atoms with Gasteiger partial charge in [-0.1, -0.05) is 69.9 Å². The number of pyridine rings is 1. The van der Waals surface area contributed by atoms with Crippen molar-refractivity contribution in [3.63, 3.8) is 0 Å². The van der Waals surface area contributed by atoms with E-state index in [1.54, 1.807) is 5.56 Å². The van der Waals surface area contributed by atoms with E-state index in [9.17, 15) is 0 Å². The van der Waals surface area contributed by atoms with Gasteiger partial charge in [0.25, 0.3) is 0 Å². The lowest BCUT2D eigenvalue weighted by Gasteiger charge is -2.28. The molecular weight excluding hydrogens is 338 g/mol. The Bertz CT molecular complexity index is 752. The lowest BCUT2D eigenvalue weighted by molar-refractivity contribution is 0.308. The van der Waals surface area contributed by atoms with Crippen LogP contribution >= 0.6 is 0 Å². The largest absolute Gasteiger partial charge is 0.253 e. The van der Waals surface area contributed by atoms with Gasteiger partial charge in [-0.3, -0.25) is 4.98 Å². The molecular formula is C27H37N. The Hall–Kier alpha value is -1.63. The average Bonchev–Trinajstić information content (AvgIpc) is 2.75. The summed E-state index contributed by atoms with van der Waals surface area (Å²) < 4.78 is 0. The zero-order valence-corrected chi connectivity index (χ0v) is 17.9. The smallest absolute Gasteiger partial charge is 0.0705 e. The molecule has 0 amide bonds. The lowest BCUT2D eigenvalue weighted by atomic mass is 9.77. The van der Waals surface area contributed by atoms with Gasteiger partial charge in [0.1, 0.15) is 0 Å². The van der Waals surface area contributed by atoms with Gasteiger partial charge < -0.3 is 0 Å². The maximum absolute atomic E-state index is 5.05. The van der Waals surface area contributed by atoms with E-state index in [0.29, 0.717) is 0 Å². The Kier molecular flexibility index (Phi) is 6.50. The molecule has 2 aliphatic carbocycles. The molecule has 1 aromatic carbocycles. The summed E-state index contributed by atoms with van der Waals surface area (Å²) in [7, 11) is 0. The molecule has 1 saturated carbocycles. The maximum Gasteiger partial charge on any atom is 0.0705 e. The molecule has 150 valence electrons. The molecule has 1 atom stereocenters.